The topological polar surface area (TPSA) is 104 Å². The minimum absolute atomic E-state index is 0.214. The molecular formula is C9H17NO4. The van der Waals surface area contributed by atoms with Crippen LogP contribution in [0.15, 0.2) is 11.6 Å². The second kappa shape index (κ2) is 5.74. The van der Waals surface area contributed by atoms with Gasteiger partial charge in [-0.1, -0.05) is 6.08 Å². The number of amides is 1. The lowest BCUT2D eigenvalue weighted by Crippen LogP contribution is -2.33. The van der Waals surface area contributed by atoms with Crippen molar-refractivity contribution >= 4 is 5.91 Å². The largest absolute Gasteiger partial charge is 0.396 e. The zero-order valence-corrected chi connectivity index (χ0v) is 8.23. The Labute approximate surface area is 82.9 Å². The maximum atomic E-state index is 10.6. The van der Waals surface area contributed by atoms with Crippen molar-refractivity contribution < 1.29 is 20.1 Å². The molecule has 5 nitrogen and oxygen atoms in total. The van der Waals surface area contributed by atoms with Crippen molar-refractivity contribution in [2.24, 2.45) is 11.1 Å². The fourth-order valence-corrected chi connectivity index (χ4v) is 0.814. The maximum Gasteiger partial charge on any atom is 0.244 e. The van der Waals surface area contributed by atoms with Crippen LogP contribution < -0.4 is 5.73 Å². The summed E-state index contributed by atoms with van der Waals surface area (Å²) in [6.45, 7) is 0.507. The van der Waals surface area contributed by atoms with E-state index in [2.05, 4.69) is 0 Å². The maximum absolute atomic E-state index is 10.6. The molecule has 0 saturated heterocycles. The summed E-state index contributed by atoms with van der Waals surface area (Å²) in [4.78, 5) is 10.6. The summed E-state index contributed by atoms with van der Waals surface area (Å²) >= 11 is 0. The highest BCUT2D eigenvalue weighted by atomic mass is 16.3. The van der Waals surface area contributed by atoms with Crippen LogP contribution in [0.5, 0.6) is 0 Å². The van der Waals surface area contributed by atoms with Gasteiger partial charge in [-0.2, -0.15) is 0 Å². The number of carbonyl (C=O) groups excluding carboxylic acids is 1. The highest BCUT2D eigenvalue weighted by molar-refractivity contribution is 5.91. The number of allylic oxidation sites excluding steroid dienone is 1. The molecule has 0 aliphatic rings. The lowest BCUT2D eigenvalue weighted by atomic mass is 9.86. The third-order valence-electron chi connectivity index (χ3n) is 2.24. The Bertz CT molecular complexity index is 213. The summed E-state index contributed by atoms with van der Waals surface area (Å²) in [5.74, 6) is -0.548. The zero-order valence-electron chi connectivity index (χ0n) is 8.23. The first-order valence-electron chi connectivity index (χ1n) is 4.30. The van der Waals surface area contributed by atoms with E-state index < -0.39 is 11.3 Å². The molecule has 0 radical (unpaired) electrons. The van der Waals surface area contributed by atoms with Crippen LogP contribution in [0.1, 0.15) is 13.3 Å². The van der Waals surface area contributed by atoms with Crippen molar-refractivity contribution in [2.45, 2.75) is 13.3 Å². The van der Waals surface area contributed by atoms with Gasteiger partial charge in [-0.05, 0) is 13.3 Å². The average molecular weight is 203 g/mol. The molecule has 0 unspecified atom stereocenters. The minimum Gasteiger partial charge on any atom is -0.396 e. The van der Waals surface area contributed by atoms with Gasteiger partial charge in [-0.25, -0.2) is 0 Å². The monoisotopic (exact) mass is 203 g/mol. The van der Waals surface area contributed by atoms with E-state index in [1.165, 1.54) is 6.08 Å². The summed E-state index contributed by atoms with van der Waals surface area (Å²) in [6.07, 6.45) is 1.72. The van der Waals surface area contributed by atoms with Gasteiger partial charge < -0.3 is 21.1 Å². The first-order valence-corrected chi connectivity index (χ1v) is 4.30. The number of rotatable bonds is 6. The summed E-state index contributed by atoms with van der Waals surface area (Å²) in [7, 11) is 0. The molecule has 0 bridgehead atoms. The number of primary amides is 1. The smallest absolute Gasteiger partial charge is 0.244 e. The molecule has 0 fully saturated rings. The van der Waals surface area contributed by atoms with Crippen LogP contribution in [0.2, 0.25) is 0 Å². The SMILES string of the molecule is CC(=CCC(CO)(CO)CO)C(N)=O. The van der Waals surface area contributed by atoms with Crippen LogP contribution in [0.25, 0.3) is 0 Å². The fraction of sp³-hybridized carbons (Fsp3) is 0.667. The van der Waals surface area contributed by atoms with Crippen molar-refractivity contribution in [3.8, 4) is 0 Å². The standard InChI is InChI=1S/C9H17NO4/c1-7(8(10)14)2-3-9(4-11,5-12)6-13/h2,11-13H,3-6H2,1H3,(H2,10,14). The van der Waals surface area contributed by atoms with Crippen LogP contribution in [0, 0.1) is 5.41 Å². The Kier molecular flexibility index (Phi) is 5.37. The van der Waals surface area contributed by atoms with E-state index in [4.69, 9.17) is 21.1 Å². The molecule has 0 saturated carbocycles. The summed E-state index contributed by atoms with van der Waals surface area (Å²) in [5.41, 5.74) is 4.37. The Hall–Kier alpha value is -0.910. The molecule has 0 aromatic carbocycles. The zero-order chi connectivity index (χ0) is 11.2. The van der Waals surface area contributed by atoms with Crippen molar-refractivity contribution in [3.63, 3.8) is 0 Å². The van der Waals surface area contributed by atoms with E-state index in [1.807, 2.05) is 0 Å². The summed E-state index contributed by atoms with van der Waals surface area (Å²) in [6, 6.07) is 0. The van der Waals surface area contributed by atoms with Crippen molar-refractivity contribution in [1.82, 2.24) is 0 Å². The second-order valence-corrected chi connectivity index (χ2v) is 3.43. The number of carbonyl (C=O) groups is 1. The molecular weight excluding hydrogens is 186 g/mol. The van der Waals surface area contributed by atoms with Crippen LogP contribution >= 0.6 is 0 Å². The van der Waals surface area contributed by atoms with E-state index in [0.29, 0.717) is 5.57 Å². The van der Waals surface area contributed by atoms with Crippen LogP contribution in [0.3, 0.4) is 0 Å². The second-order valence-electron chi connectivity index (χ2n) is 3.43. The Morgan fingerprint density at radius 3 is 2.00 bits per heavy atom. The molecule has 0 rings (SSSR count). The summed E-state index contributed by atoms with van der Waals surface area (Å²) < 4.78 is 0. The molecule has 0 aliphatic carbocycles. The van der Waals surface area contributed by atoms with E-state index >= 15 is 0 Å². The molecule has 0 spiro atoms. The van der Waals surface area contributed by atoms with Gasteiger partial charge in [-0.3, -0.25) is 4.79 Å². The summed E-state index contributed by atoms with van der Waals surface area (Å²) in [5, 5.41) is 26.9. The minimum atomic E-state index is -0.975. The number of aliphatic hydroxyl groups excluding tert-OH is 3. The van der Waals surface area contributed by atoms with E-state index in [-0.39, 0.29) is 26.2 Å². The fourth-order valence-electron chi connectivity index (χ4n) is 0.814. The first-order chi connectivity index (χ1) is 6.51. The lowest BCUT2D eigenvalue weighted by Gasteiger charge is -2.25. The Morgan fingerprint density at radius 2 is 1.71 bits per heavy atom. The van der Waals surface area contributed by atoms with Crippen molar-refractivity contribution in [2.75, 3.05) is 19.8 Å². The Morgan fingerprint density at radius 1 is 1.29 bits per heavy atom. The van der Waals surface area contributed by atoms with Gasteiger partial charge >= 0.3 is 0 Å². The number of hydrogen-bond donors (Lipinski definition) is 4. The highest BCUT2D eigenvalue weighted by Crippen LogP contribution is 2.21. The molecule has 0 aliphatic heterocycles. The predicted octanol–water partition coefficient (Wildman–Crippen LogP) is -1.23. The molecule has 0 heterocycles. The quantitative estimate of drug-likeness (QED) is 0.406. The van der Waals surface area contributed by atoms with Gasteiger partial charge in [0.05, 0.1) is 19.8 Å². The van der Waals surface area contributed by atoms with Gasteiger partial charge in [-0.15, -0.1) is 0 Å². The van der Waals surface area contributed by atoms with Gasteiger partial charge in [0, 0.05) is 11.0 Å². The predicted molar refractivity (Wildman–Crippen MR) is 51.3 cm³/mol. The number of hydrogen-bond acceptors (Lipinski definition) is 4. The third kappa shape index (κ3) is 3.45. The normalized spacial score (nSPS) is 13.0. The molecule has 14 heavy (non-hydrogen) atoms. The molecule has 82 valence electrons. The molecule has 5 N–H and O–H groups in total. The van der Waals surface area contributed by atoms with E-state index in [0.717, 1.165) is 0 Å². The third-order valence-corrected chi connectivity index (χ3v) is 2.24. The molecule has 0 atom stereocenters. The van der Waals surface area contributed by atoms with Gasteiger partial charge in [0.25, 0.3) is 0 Å². The van der Waals surface area contributed by atoms with E-state index in [1.54, 1.807) is 6.92 Å². The van der Waals surface area contributed by atoms with Gasteiger partial charge in [0.2, 0.25) is 5.91 Å². The molecule has 0 aromatic heterocycles. The molecule has 0 aromatic rings. The number of nitrogens with two attached hydrogens (primary N) is 1. The Balaban J connectivity index is 4.46. The molecule has 5 heteroatoms. The van der Waals surface area contributed by atoms with E-state index in [9.17, 15) is 4.79 Å². The van der Waals surface area contributed by atoms with Crippen molar-refractivity contribution in [3.05, 3.63) is 11.6 Å². The lowest BCUT2D eigenvalue weighted by molar-refractivity contribution is -0.114. The highest BCUT2D eigenvalue weighted by Gasteiger charge is 2.26. The molecule has 1 amide bonds. The first kappa shape index (κ1) is 13.1. The van der Waals surface area contributed by atoms with Crippen LogP contribution in [-0.4, -0.2) is 41.0 Å². The van der Waals surface area contributed by atoms with Crippen molar-refractivity contribution in [1.29, 1.82) is 0 Å². The van der Waals surface area contributed by atoms with Crippen LogP contribution in [0.4, 0.5) is 0 Å². The van der Waals surface area contributed by atoms with Gasteiger partial charge in [0.15, 0.2) is 0 Å². The van der Waals surface area contributed by atoms with Gasteiger partial charge in [0.1, 0.15) is 0 Å². The van der Waals surface area contributed by atoms with Crippen LogP contribution in [-0.2, 0) is 4.79 Å². The average Bonchev–Trinajstić information content (AvgIpc) is 2.20. The number of aliphatic hydroxyl groups is 3.